The lowest BCUT2D eigenvalue weighted by atomic mass is 9.96. The van der Waals surface area contributed by atoms with Crippen LogP contribution >= 0.6 is 15.9 Å². The Balaban J connectivity index is 1.36. The van der Waals surface area contributed by atoms with Gasteiger partial charge in [0.15, 0.2) is 0 Å². The van der Waals surface area contributed by atoms with Crippen LogP contribution in [-0.4, -0.2) is 70.9 Å². The highest BCUT2D eigenvalue weighted by Crippen LogP contribution is 2.42. The Hall–Kier alpha value is -4.83. The number of ether oxygens (including phenoxy) is 1. The summed E-state index contributed by atoms with van der Waals surface area (Å²) in [5, 5.41) is 10.9. The fraction of sp³-hybridized carbons (Fsp3) is 0.267. The molecule has 6 rings (SSSR count). The number of anilines is 6. The second-order valence-electron chi connectivity index (χ2n) is 10.9. The lowest BCUT2D eigenvalue weighted by Gasteiger charge is -2.33. The molecule has 1 saturated heterocycles. The number of hydrogen-bond acceptors (Lipinski definition) is 12. The quantitative estimate of drug-likeness (QED) is 0.169. The van der Waals surface area contributed by atoms with Crippen molar-refractivity contribution < 1.29 is 17.9 Å². The third-order valence-electron chi connectivity index (χ3n) is 7.58. The van der Waals surface area contributed by atoms with Crippen LogP contribution in [0.5, 0.6) is 5.75 Å². The van der Waals surface area contributed by atoms with E-state index in [0.29, 0.717) is 38.4 Å². The summed E-state index contributed by atoms with van der Waals surface area (Å²) in [7, 11) is -0.181. The Morgan fingerprint density at radius 2 is 1.83 bits per heavy atom. The van der Waals surface area contributed by atoms with Gasteiger partial charge in [0.2, 0.25) is 16.0 Å². The standard InChI is InChI=1S/C30H31BrN10O4S/c1-40-16-19(14-35-40)20-12-24(26(45-2)13-25(20)41-10-6-18(17-42)7-11-41)37-30-34-15-21(31)29(38-30)36-23-5-4-22-27(33-9-8-32-22)28(23)39-46(3,43)44/h4-5,8-9,12-18,39H,6-7,10-11H2,1-3H3,(H2,34,36,37,38). The van der Waals surface area contributed by atoms with Crippen molar-refractivity contribution in [3.05, 3.63) is 59.7 Å². The van der Waals surface area contributed by atoms with E-state index in [1.54, 1.807) is 30.1 Å². The van der Waals surface area contributed by atoms with Gasteiger partial charge in [-0.15, -0.1) is 0 Å². The number of aldehydes is 1. The maximum Gasteiger partial charge on any atom is 0.229 e. The number of fused-ring (bicyclic) bond motifs is 1. The van der Waals surface area contributed by atoms with Crippen LogP contribution in [0.3, 0.4) is 0 Å². The number of piperidine rings is 1. The van der Waals surface area contributed by atoms with Crippen molar-refractivity contribution in [1.82, 2.24) is 29.7 Å². The van der Waals surface area contributed by atoms with Crippen molar-refractivity contribution in [2.45, 2.75) is 12.8 Å². The number of rotatable bonds is 10. The number of aromatic nitrogens is 6. The summed E-state index contributed by atoms with van der Waals surface area (Å²) >= 11 is 3.50. The van der Waals surface area contributed by atoms with Gasteiger partial charge in [-0.1, -0.05) is 0 Å². The lowest BCUT2D eigenvalue weighted by Crippen LogP contribution is -2.34. The molecule has 4 heterocycles. The van der Waals surface area contributed by atoms with E-state index in [9.17, 15) is 13.2 Å². The highest BCUT2D eigenvalue weighted by molar-refractivity contribution is 9.10. The molecule has 0 radical (unpaired) electrons. The molecule has 14 nitrogen and oxygen atoms in total. The smallest absolute Gasteiger partial charge is 0.229 e. The average Bonchev–Trinajstić information content (AvgIpc) is 3.49. The molecular weight excluding hydrogens is 676 g/mol. The Kier molecular flexibility index (Phi) is 8.73. The first-order valence-corrected chi connectivity index (χ1v) is 17.0. The first-order chi connectivity index (χ1) is 22.1. The molecule has 0 amide bonds. The van der Waals surface area contributed by atoms with Crippen LogP contribution in [0.2, 0.25) is 0 Å². The summed E-state index contributed by atoms with van der Waals surface area (Å²) < 4.78 is 35.2. The number of hydrogen-bond donors (Lipinski definition) is 3. The minimum Gasteiger partial charge on any atom is -0.494 e. The zero-order valence-corrected chi connectivity index (χ0v) is 27.6. The van der Waals surface area contributed by atoms with E-state index in [1.165, 1.54) is 12.4 Å². The molecular formula is C30H31BrN10O4S. The molecule has 3 N–H and O–H groups in total. The molecule has 0 bridgehead atoms. The third-order valence-corrected chi connectivity index (χ3v) is 8.73. The minimum atomic E-state index is -3.65. The summed E-state index contributed by atoms with van der Waals surface area (Å²) in [5.74, 6) is 1.28. The van der Waals surface area contributed by atoms with Gasteiger partial charge in [0.1, 0.15) is 23.4 Å². The number of benzene rings is 2. The minimum absolute atomic E-state index is 0.0686. The summed E-state index contributed by atoms with van der Waals surface area (Å²) in [6.45, 7) is 1.49. The van der Waals surface area contributed by atoms with Crippen LogP contribution in [0.25, 0.3) is 22.2 Å². The summed E-state index contributed by atoms with van der Waals surface area (Å²) in [5.41, 5.74) is 5.02. The third kappa shape index (κ3) is 6.72. The van der Waals surface area contributed by atoms with Crippen molar-refractivity contribution >= 4 is 77.8 Å². The second kappa shape index (κ2) is 12.9. The molecule has 0 atom stereocenters. The number of aryl methyl sites for hydroxylation is 1. The molecule has 0 saturated carbocycles. The zero-order valence-electron chi connectivity index (χ0n) is 25.2. The SMILES string of the molecule is COc1cc(N2CCC(C=O)CC2)c(-c2cnn(C)c2)cc1Nc1ncc(Br)c(Nc2ccc3nccnc3c2NS(C)(=O)=O)n1. The topological polar surface area (TPSA) is 169 Å². The molecule has 46 heavy (non-hydrogen) atoms. The van der Waals surface area contributed by atoms with Crippen molar-refractivity contribution in [3.63, 3.8) is 0 Å². The molecule has 1 fully saturated rings. The average molecular weight is 708 g/mol. The molecule has 0 unspecified atom stereocenters. The maximum absolute atomic E-state index is 12.3. The fourth-order valence-corrected chi connectivity index (χ4v) is 6.23. The number of carbonyl (C=O) groups excluding carboxylic acids is 1. The summed E-state index contributed by atoms with van der Waals surface area (Å²) in [6.07, 6.45) is 12.1. The van der Waals surface area contributed by atoms with Gasteiger partial charge < -0.3 is 25.1 Å². The number of halogens is 1. The van der Waals surface area contributed by atoms with E-state index < -0.39 is 10.0 Å². The molecule has 1 aliphatic rings. The van der Waals surface area contributed by atoms with Gasteiger partial charge in [0, 0.05) is 73.7 Å². The van der Waals surface area contributed by atoms with Crippen LogP contribution < -0.4 is 25.0 Å². The van der Waals surface area contributed by atoms with Gasteiger partial charge in [-0.3, -0.25) is 19.4 Å². The van der Waals surface area contributed by atoms with Gasteiger partial charge in [0.25, 0.3) is 0 Å². The summed E-state index contributed by atoms with van der Waals surface area (Å²) in [6, 6.07) is 7.39. The largest absolute Gasteiger partial charge is 0.494 e. The van der Waals surface area contributed by atoms with Crippen molar-refractivity contribution in [3.8, 4) is 16.9 Å². The van der Waals surface area contributed by atoms with Crippen LogP contribution in [0, 0.1) is 5.92 Å². The molecule has 0 spiro atoms. The number of sulfonamides is 1. The molecule has 5 aromatic rings. The Morgan fingerprint density at radius 1 is 1.04 bits per heavy atom. The predicted molar refractivity (Wildman–Crippen MR) is 180 cm³/mol. The Bertz CT molecular complexity index is 2030. The van der Waals surface area contributed by atoms with Gasteiger partial charge in [0.05, 0.1) is 46.6 Å². The normalized spacial score (nSPS) is 13.9. The van der Waals surface area contributed by atoms with Crippen LogP contribution in [0.4, 0.5) is 34.5 Å². The van der Waals surface area contributed by atoms with Gasteiger partial charge in [-0.05, 0) is 47.0 Å². The zero-order chi connectivity index (χ0) is 32.4. The Labute approximate surface area is 273 Å². The monoisotopic (exact) mass is 706 g/mol. The highest BCUT2D eigenvalue weighted by atomic mass is 79.9. The molecule has 1 aliphatic heterocycles. The molecule has 3 aromatic heterocycles. The fourth-order valence-electron chi connectivity index (χ4n) is 5.36. The number of nitrogens with zero attached hydrogens (tertiary/aromatic N) is 7. The van der Waals surface area contributed by atoms with E-state index in [4.69, 9.17) is 4.74 Å². The Morgan fingerprint density at radius 3 is 2.52 bits per heavy atom. The van der Waals surface area contributed by atoms with Gasteiger partial charge in [-0.25, -0.2) is 13.4 Å². The van der Waals surface area contributed by atoms with Crippen LogP contribution in [0.15, 0.2) is 59.7 Å². The molecule has 2 aromatic carbocycles. The number of methoxy groups -OCH3 is 1. The number of carbonyl (C=O) groups is 1. The van der Waals surface area contributed by atoms with Crippen molar-refractivity contribution in [2.24, 2.45) is 13.0 Å². The van der Waals surface area contributed by atoms with Crippen molar-refractivity contribution in [1.29, 1.82) is 0 Å². The van der Waals surface area contributed by atoms with E-state index in [1.807, 2.05) is 31.6 Å². The first kappa shape index (κ1) is 31.2. The van der Waals surface area contributed by atoms with Crippen LogP contribution in [0.1, 0.15) is 12.8 Å². The maximum atomic E-state index is 12.3. The summed E-state index contributed by atoms with van der Waals surface area (Å²) in [4.78, 5) is 31.4. The van der Waals surface area contributed by atoms with Crippen molar-refractivity contribution in [2.75, 3.05) is 46.7 Å². The number of nitrogens with one attached hydrogen (secondary N) is 3. The molecule has 0 aliphatic carbocycles. The molecule has 16 heteroatoms. The van der Waals surface area contributed by atoms with E-state index in [-0.39, 0.29) is 17.6 Å². The van der Waals surface area contributed by atoms with Gasteiger partial charge in [-0.2, -0.15) is 10.1 Å². The lowest BCUT2D eigenvalue weighted by molar-refractivity contribution is -0.111. The second-order valence-corrected chi connectivity index (χ2v) is 13.5. The van der Waals surface area contributed by atoms with Gasteiger partial charge >= 0.3 is 0 Å². The van der Waals surface area contributed by atoms with E-state index in [0.717, 1.165) is 55.3 Å². The highest BCUT2D eigenvalue weighted by Gasteiger charge is 2.24. The predicted octanol–water partition coefficient (Wildman–Crippen LogP) is 4.87. The van der Waals surface area contributed by atoms with Crippen LogP contribution in [-0.2, 0) is 21.9 Å². The van der Waals surface area contributed by atoms with E-state index >= 15 is 0 Å². The first-order valence-electron chi connectivity index (χ1n) is 14.3. The molecule has 238 valence electrons. The van der Waals surface area contributed by atoms with E-state index in [2.05, 4.69) is 61.2 Å².